The first-order valence-electron chi connectivity index (χ1n) is 10.5. The fraction of sp³-hybridized carbons (Fsp3) is 0.0769. The first-order valence-corrected chi connectivity index (χ1v) is 12.3. The van der Waals surface area contributed by atoms with E-state index < -0.39 is 21.9 Å². The largest absolute Gasteiger partial charge is 0.379 e. The maximum atomic E-state index is 12.7. The van der Waals surface area contributed by atoms with Gasteiger partial charge in [-0.05, 0) is 55.0 Å². The highest BCUT2D eigenvalue weighted by Crippen LogP contribution is 2.21. The molecular formula is C26H23ClN2O5S. The van der Waals surface area contributed by atoms with Gasteiger partial charge in [0, 0.05) is 6.54 Å². The van der Waals surface area contributed by atoms with Crippen LogP contribution in [0.15, 0.2) is 96.0 Å². The van der Waals surface area contributed by atoms with Gasteiger partial charge in [-0.3, -0.25) is 9.59 Å². The van der Waals surface area contributed by atoms with Crippen LogP contribution >= 0.6 is 11.6 Å². The van der Waals surface area contributed by atoms with E-state index in [-0.39, 0.29) is 33.5 Å². The monoisotopic (exact) mass is 510 g/mol. The van der Waals surface area contributed by atoms with Crippen LogP contribution in [0, 0.1) is 6.92 Å². The van der Waals surface area contributed by atoms with Crippen molar-refractivity contribution in [2.75, 3.05) is 6.54 Å². The van der Waals surface area contributed by atoms with Gasteiger partial charge in [-0.1, -0.05) is 59.6 Å². The predicted molar refractivity (Wildman–Crippen MR) is 136 cm³/mol. The molecule has 0 atom stereocenters. The number of nitrogens with one attached hydrogen (secondary N) is 2. The Balaban J connectivity index is 1.82. The molecule has 3 rings (SSSR count). The van der Waals surface area contributed by atoms with Crippen molar-refractivity contribution in [3.63, 3.8) is 0 Å². The molecule has 7 nitrogen and oxygen atoms in total. The molecule has 0 saturated carbocycles. The SMILES string of the molecule is C=CCNC(=O)C(=Cc1ccc(OS(=O)(=O)c2ccc(C)cc2)cc1)NC(=O)c1ccccc1Cl. The number of amides is 2. The third kappa shape index (κ3) is 7.05. The number of rotatable bonds is 9. The number of hydrogen-bond donors (Lipinski definition) is 2. The lowest BCUT2D eigenvalue weighted by Gasteiger charge is -2.11. The molecule has 0 unspecified atom stereocenters. The van der Waals surface area contributed by atoms with E-state index in [0.29, 0.717) is 5.56 Å². The zero-order valence-electron chi connectivity index (χ0n) is 18.8. The van der Waals surface area contributed by atoms with Crippen molar-refractivity contribution in [3.8, 4) is 5.75 Å². The van der Waals surface area contributed by atoms with Gasteiger partial charge in [0.1, 0.15) is 16.3 Å². The van der Waals surface area contributed by atoms with E-state index >= 15 is 0 Å². The lowest BCUT2D eigenvalue weighted by atomic mass is 10.1. The van der Waals surface area contributed by atoms with E-state index in [1.807, 2.05) is 6.92 Å². The second kappa shape index (κ2) is 11.5. The molecule has 9 heteroatoms. The summed E-state index contributed by atoms with van der Waals surface area (Å²) in [6.07, 6.45) is 2.96. The Kier molecular flexibility index (Phi) is 8.46. The second-order valence-corrected chi connectivity index (χ2v) is 9.36. The average Bonchev–Trinajstić information content (AvgIpc) is 2.83. The molecule has 3 aromatic carbocycles. The predicted octanol–water partition coefficient (Wildman–Crippen LogP) is 4.49. The molecular weight excluding hydrogens is 488 g/mol. The normalized spacial score (nSPS) is 11.4. The highest BCUT2D eigenvalue weighted by molar-refractivity contribution is 7.87. The molecule has 0 aromatic heterocycles. The molecule has 0 radical (unpaired) electrons. The first kappa shape index (κ1) is 25.7. The summed E-state index contributed by atoms with van der Waals surface area (Å²) in [5, 5.41) is 5.43. The molecule has 2 amide bonds. The molecule has 0 saturated heterocycles. The number of aryl methyl sites for hydroxylation is 1. The molecule has 180 valence electrons. The Bertz CT molecular complexity index is 1370. The van der Waals surface area contributed by atoms with Crippen molar-refractivity contribution >= 4 is 39.6 Å². The van der Waals surface area contributed by atoms with Crippen LogP contribution in [-0.2, 0) is 14.9 Å². The zero-order chi connectivity index (χ0) is 25.4. The number of benzene rings is 3. The second-order valence-electron chi connectivity index (χ2n) is 7.41. The van der Waals surface area contributed by atoms with Crippen molar-refractivity contribution < 1.29 is 22.2 Å². The fourth-order valence-corrected chi connectivity index (χ4v) is 4.07. The molecule has 0 aliphatic carbocycles. The van der Waals surface area contributed by atoms with E-state index in [4.69, 9.17) is 15.8 Å². The minimum atomic E-state index is -4.00. The fourth-order valence-electron chi connectivity index (χ4n) is 2.92. The Morgan fingerprint density at radius 3 is 2.29 bits per heavy atom. The van der Waals surface area contributed by atoms with Crippen LogP contribution in [0.4, 0.5) is 0 Å². The summed E-state index contributed by atoms with van der Waals surface area (Å²) in [4.78, 5) is 25.3. The van der Waals surface area contributed by atoms with E-state index in [1.54, 1.807) is 42.5 Å². The van der Waals surface area contributed by atoms with E-state index in [9.17, 15) is 18.0 Å². The topological polar surface area (TPSA) is 102 Å². The standard InChI is InChI=1S/C26H23ClN2O5S/c1-3-16-28-26(31)24(29-25(30)22-6-4-5-7-23(22)27)17-19-10-12-20(13-11-19)34-35(32,33)21-14-8-18(2)9-15-21/h3-15,17H,1,16H2,2H3,(H,28,31)(H,29,30). The maximum absolute atomic E-state index is 12.7. The molecule has 2 N–H and O–H groups in total. The van der Waals surface area contributed by atoms with Crippen LogP contribution < -0.4 is 14.8 Å². The van der Waals surface area contributed by atoms with Crippen LogP contribution in [-0.4, -0.2) is 26.8 Å². The number of carbonyl (C=O) groups excluding carboxylic acids is 2. The molecule has 0 fully saturated rings. The van der Waals surface area contributed by atoms with Gasteiger partial charge in [0.2, 0.25) is 0 Å². The minimum Gasteiger partial charge on any atom is -0.379 e. The van der Waals surface area contributed by atoms with Crippen molar-refractivity contribution in [2.45, 2.75) is 11.8 Å². The van der Waals surface area contributed by atoms with Crippen molar-refractivity contribution in [3.05, 3.63) is 113 Å². The lowest BCUT2D eigenvalue weighted by Crippen LogP contribution is -2.35. The smallest absolute Gasteiger partial charge is 0.339 e. The Labute approximate surface area is 209 Å². The van der Waals surface area contributed by atoms with Crippen LogP contribution in [0.3, 0.4) is 0 Å². The van der Waals surface area contributed by atoms with Crippen molar-refractivity contribution in [1.29, 1.82) is 0 Å². The first-order chi connectivity index (χ1) is 16.7. The highest BCUT2D eigenvalue weighted by Gasteiger charge is 2.18. The summed E-state index contributed by atoms with van der Waals surface area (Å²) in [6.45, 7) is 5.61. The van der Waals surface area contributed by atoms with Crippen LogP contribution in [0.5, 0.6) is 5.75 Å². The van der Waals surface area contributed by atoms with Crippen LogP contribution in [0.1, 0.15) is 21.5 Å². The average molecular weight is 511 g/mol. The molecule has 35 heavy (non-hydrogen) atoms. The number of carbonyl (C=O) groups is 2. The summed E-state index contributed by atoms with van der Waals surface area (Å²) in [5.74, 6) is -0.993. The highest BCUT2D eigenvalue weighted by atomic mass is 35.5. The third-order valence-corrected chi connectivity index (χ3v) is 6.32. The van der Waals surface area contributed by atoms with Gasteiger partial charge in [-0.15, -0.1) is 6.58 Å². The van der Waals surface area contributed by atoms with E-state index in [2.05, 4.69) is 17.2 Å². The van der Waals surface area contributed by atoms with Gasteiger partial charge in [-0.25, -0.2) is 0 Å². The van der Waals surface area contributed by atoms with Gasteiger partial charge in [-0.2, -0.15) is 8.42 Å². The minimum absolute atomic E-state index is 0.0299. The molecule has 3 aromatic rings. The zero-order valence-corrected chi connectivity index (χ0v) is 20.4. The van der Waals surface area contributed by atoms with Gasteiger partial charge in [0.25, 0.3) is 11.8 Å². The van der Waals surface area contributed by atoms with Gasteiger partial charge < -0.3 is 14.8 Å². The van der Waals surface area contributed by atoms with E-state index in [1.165, 1.54) is 42.5 Å². The molecule has 0 aliphatic rings. The van der Waals surface area contributed by atoms with Crippen LogP contribution in [0.25, 0.3) is 6.08 Å². The number of halogens is 1. The summed E-state index contributed by atoms with van der Waals surface area (Å²) >= 11 is 6.09. The van der Waals surface area contributed by atoms with Gasteiger partial charge in [0.05, 0.1) is 10.6 Å². The molecule has 0 aliphatic heterocycles. The van der Waals surface area contributed by atoms with Crippen molar-refractivity contribution in [1.82, 2.24) is 10.6 Å². The summed E-state index contributed by atoms with van der Waals surface area (Å²) < 4.78 is 30.2. The lowest BCUT2D eigenvalue weighted by molar-refractivity contribution is -0.117. The third-order valence-electron chi connectivity index (χ3n) is 4.72. The maximum Gasteiger partial charge on any atom is 0.339 e. The van der Waals surface area contributed by atoms with Gasteiger partial charge in [0.15, 0.2) is 0 Å². The Morgan fingerprint density at radius 1 is 1.00 bits per heavy atom. The quantitative estimate of drug-likeness (QED) is 0.251. The number of hydrogen-bond acceptors (Lipinski definition) is 5. The summed E-state index contributed by atoms with van der Waals surface area (Å²) in [7, 11) is -4.00. The molecule has 0 bridgehead atoms. The van der Waals surface area contributed by atoms with Crippen LogP contribution in [0.2, 0.25) is 5.02 Å². The van der Waals surface area contributed by atoms with Gasteiger partial charge >= 0.3 is 10.1 Å². The molecule has 0 heterocycles. The Hall–Kier alpha value is -3.88. The summed E-state index contributed by atoms with van der Waals surface area (Å²) in [6, 6.07) is 18.8. The molecule has 0 spiro atoms. The van der Waals surface area contributed by atoms with E-state index in [0.717, 1.165) is 5.56 Å². The summed E-state index contributed by atoms with van der Waals surface area (Å²) in [5.41, 5.74) is 1.63. The Morgan fingerprint density at radius 2 is 1.66 bits per heavy atom. The van der Waals surface area contributed by atoms with Crippen molar-refractivity contribution in [2.24, 2.45) is 0 Å².